The Morgan fingerprint density at radius 3 is 2.76 bits per heavy atom. The predicted octanol–water partition coefficient (Wildman–Crippen LogP) is 4.65. The molecule has 1 saturated heterocycles. The van der Waals surface area contributed by atoms with Crippen LogP contribution in [0, 0.1) is 30.6 Å². The van der Waals surface area contributed by atoms with Crippen LogP contribution in [0.5, 0.6) is 0 Å². The summed E-state index contributed by atoms with van der Waals surface area (Å²) in [5.41, 5.74) is 11.2. The summed E-state index contributed by atoms with van der Waals surface area (Å²) in [7, 11) is 0. The van der Waals surface area contributed by atoms with Crippen LogP contribution in [0.4, 0.5) is 16.4 Å². The lowest BCUT2D eigenvalue weighted by Crippen LogP contribution is -2.46. The number of benzene rings is 1. The Morgan fingerprint density at radius 1 is 1.19 bits per heavy atom. The molecule has 9 heteroatoms. The van der Waals surface area contributed by atoms with Gasteiger partial charge in [0.2, 0.25) is 0 Å². The second-order valence-corrected chi connectivity index (χ2v) is 10.5. The van der Waals surface area contributed by atoms with Crippen molar-refractivity contribution in [1.82, 2.24) is 25.1 Å². The van der Waals surface area contributed by atoms with E-state index in [1.807, 2.05) is 6.07 Å². The first-order chi connectivity index (χ1) is 17.8. The summed E-state index contributed by atoms with van der Waals surface area (Å²) in [5.74, 6) is 2.38. The Morgan fingerprint density at radius 2 is 2.00 bits per heavy atom. The summed E-state index contributed by atoms with van der Waals surface area (Å²) in [6.45, 7) is 5.48. The van der Waals surface area contributed by atoms with Crippen LogP contribution in [0.2, 0.25) is 0 Å². The number of carbonyl (C=O) groups excluding carboxylic acids is 1. The van der Waals surface area contributed by atoms with Crippen molar-refractivity contribution in [1.29, 1.82) is 5.26 Å². The average Bonchev–Trinajstić information content (AvgIpc) is 3.50. The maximum Gasteiger partial charge on any atom is 0.314 e. The van der Waals surface area contributed by atoms with Crippen LogP contribution in [-0.4, -0.2) is 44.2 Å². The molecule has 192 valence electrons. The molecule has 2 amide bonds. The third kappa shape index (κ3) is 5.29. The predicted molar refractivity (Wildman–Crippen MR) is 141 cm³/mol. The number of likely N-dealkylation sites (tertiary alicyclic amines) is 1. The molecule has 1 atom stereocenters. The topological polar surface area (TPSA) is 137 Å². The highest BCUT2D eigenvalue weighted by Crippen LogP contribution is 2.55. The molecule has 4 N–H and O–H groups in total. The molecule has 2 aliphatic rings. The van der Waals surface area contributed by atoms with Crippen LogP contribution in [0.15, 0.2) is 30.3 Å². The van der Waals surface area contributed by atoms with Gasteiger partial charge in [0, 0.05) is 25.2 Å². The molecule has 37 heavy (non-hydrogen) atoms. The van der Waals surface area contributed by atoms with E-state index in [1.165, 1.54) is 36.0 Å². The second-order valence-electron chi connectivity index (χ2n) is 10.5. The number of hydrogen-bond donors (Lipinski definition) is 3. The molecule has 3 heterocycles. The third-order valence-electron chi connectivity index (χ3n) is 8.25. The molecule has 1 spiro atoms. The van der Waals surface area contributed by atoms with Crippen molar-refractivity contribution < 1.29 is 4.79 Å². The van der Waals surface area contributed by atoms with Crippen LogP contribution >= 0.6 is 0 Å². The van der Waals surface area contributed by atoms with E-state index in [4.69, 9.17) is 11.0 Å². The molecule has 1 aliphatic heterocycles. The highest BCUT2D eigenvalue weighted by molar-refractivity contribution is 5.72. The number of primary amides is 1. The first-order valence-corrected chi connectivity index (χ1v) is 13.1. The van der Waals surface area contributed by atoms with Gasteiger partial charge in [0.1, 0.15) is 29.2 Å². The lowest BCUT2D eigenvalue weighted by atomic mass is 9.68. The number of nitrogens with zero attached hydrogens (tertiary/aromatic N) is 5. The largest absolute Gasteiger partial charge is 0.351 e. The van der Waals surface area contributed by atoms with Gasteiger partial charge >= 0.3 is 6.03 Å². The van der Waals surface area contributed by atoms with Crippen molar-refractivity contribution in [3.8, 4) is 6.07 Å². The van der Waals surface area contributed by atoms with Gasteiger partial charge in [-0.05, 0) is 80.4 Å². The number of urea groups is 1. The van der Waals surface area contributed by atoms with E-state index in [2.05, 4.69) is 56.7 Å². The number of nitriles is 1. The summed E-state index contributed by atoms with van der Waals surface area (Å²) in [5, 5.41) is 19.8. The van der Waals surface area contributed by atoms with Crippen molar-refractivity contribution in [3.63, 3.8) is 0 Å². The smallest absolute Gasteiger partial charge is 0.314 e. The van der Waals surface area contributed by atoms with Gasteiger partial charge < -0.3 is 16.0 Å². The van der Waals surface area contributed by atoms with E-state index < -0.39 is 0 Å². The number of nitrogens with one attached hydrogen (secondary N) is 2. The van der Waals surface area contributed by atoms with Crippen molar-refractivity contribution in [2.24, 2.45) is 11.1 Å². The monoisotopic (exact) mass is 498 g/mol. The first kappa shape index (κ1) is 24.8. The summed E-state index contributed by atoms with van der Waals surface area (Å²) < 4.78 is 0. The van der Waals surface area contributed by atoms with E-state index >= 15 is 0 Å². The second kappa shape index (κ2) is 10.2. The molecular formula is C28H34N8O. The number of piperidine rings is 1. The van der Waals surface area contributed by atoms with Crippen molar-refractivity contribution >= 4 is 17.7 Å². The highest BCUT2D eigenvalue weighted by Gasteiger charge is 2.45. The minimum Gasteiger partial charge on any atom is -0.351 e. The van der Waals surface area contributed by atoms with E-state index in [1.54, 1.807) is 17.9 Å². The quantitative estimate of drug-likeness (QED) is 0.453. The van der Waals surface area contributed by atoms with Gasteiger partial charge in [0.15, 0.2) is 0 Å². The minimum absolute atomic E-state index is 0.284. The minimum atomic E-state index is -0.294. The van der Waals surface area contributed by atoms with Gasteiger partial charge in [-0.15, -0.1) is 0 Å². The van der Waals surface area contributed by atoms with Crippen molar-refractivity contribution in [2.75, 3.05) is 18.4 Å². The van der Waals surface area contributed by atoms with Crippen LogP contribution < -0.4 is 11.1 Å². The molecule has 1 unspecified atom stereocenters. The van der Waals surface area contributed by atoms with Crippen LogP contribution in [0.25, 0.3) is 0 Å². The zero-order chi connectivity index (χ0) is 26.0. The Balaban J connectivity index is 1.26. The number of aromatic nitrogens is 4. The van der Waals surface area contributed by atoms with E-state index in [-0.39, 0.29) is 11.4 Å². The number of rotatable bonds is 6. The number of aryl methyl sites for hydroxylation is 4. The number of H-pyrrole nitrogens is 1. The lowest BCUT2D eigenvalue weighted by molar-refractivity contribution is 0.111. The molecule has 0 radical (unpaired) electrons. The maximum absolute atomic E-state index is 11.6. The Bertz CT molecular complexity index is 1330. The zero-order valence-corrected chi connectivity index (χ0v) is 21.5. The van der Waals surface area contributed by atoms with Gasteiger partial charge in [0.05, 0.1) is 5.69 Å². The molecule has 1 saturated carbocycles. The Kier molecular flexibility index (Phi) is 6.83. The van der Waals surface area contributed by atoms with Crippen molar-refractivity contribution in [3.05, 3.63) is 64.2 Å². The number of amides is 2. The molecule has 5 rings (SSSR count). The van der Waals surface area contributed by atoms with Crippen LogP contribution in [0.3, 0.4) is 0 Å². The number of nitrogens with two attached hydrogens (primary N) is 1. The van der Waals surface area contributed by atoms with Gasteiger partial charge in [0.25, 0.3) is 0 Å². The van der Waals surface area contributed by atoms with Crippen LogP contribution in [-0.2, 0) is 12.8 Å². The number of anilines is 2. The van der Waals surface area contributed by atoms with E-state index in [9.17, 15) is 4.79 Å². The number of aromatic amines is 1. The maximum atomic E-state index is 11.6. The summed E-state index contributed by atoms with van der Waals surface area (Å²) in [6.07, 6.45) is 7.49. The SMILES string of the molecule is Cc1nc(C#N)cc(Nc2cc(CCc3cc(C4CCCC45CCN(C(N)=O)CC5)ccc3C)n[nH]2)n1. The fraction of sp³-hybridized carbons (Fsp3) is 0.464. The molecule has 0 bridgehead atoms. The molecule has 2 aromatic heterocycles. The summed E-state index contributed by atoms with van der Waals surface area (Å²) in [6, 6.07) is 12.4. The number of carbonyl (C=O) groups is 1. The average molecular weight is 499 g/mol. The van der Waals surface area contributed by atoms with Gasteiger partial charge in [-0.2, -0.15) is 10.4 Å². The Hall–Kier alpha value is -3.93. The zero-order valence-electron chi connectivity index (χ0n) is 21.5. The van der Waals surface area contributed by atoms with Crippen LogP contribution in [0.1, 0.15) is 71.9 Å². The van der Waals surface area contributed by atoms with Gasteiger partial charge in [-0.25, -0.2) is 14.8 Å². The molecule has 1 aromatic carbocycles. The fourth-order valence-electron chi connectivity index (χ4n) is 6.25. The molecule has 1 aliphatic carbocycles. The highest BCUT2D eigenvalue weighted by atomic mass is 16.2. The molecule has 2 fully saturated rings. The Labute approximate surface area is 217 Å². The first-order valence-electron chi connectivity index (χ1n) is 13.1. The fourth-order valence-corrected chi connectivity index (χ4v) is 6.25. The third-order valence-corrected chi connectivity index (χ3v) is 8.25. The van der Waals surface area contributed by atoms with E-state index in [0.29, 0.717) is 23.3 Å². The number of hydrogen-bond acceptors (Lipinski definition) is 6. The summed E-state index contributed by atoms with van der Waals surface area (Å²) in [4.78, 5) is 21.9. The van der Waals surface area contributed by atoms with Crippen molar-refractivity contribution in [2.45, 2.75) is 64.7 Å². The lowest BCUT2D eigenvalue weighted by Gasteiger charge is -2.43. The van der Waals surface area contributed by atoms with E-state index in [0.717, 1.165) is 50.3 Å². The summed E-state index contributed by atoms with van der Waals surface area (Å²) >= 11 is 0. The molecular weight excluding hydrogens is 464 g/mol. The van der Waals surface area contributed by atoms with Gasteiger partial charge in [-0.3, -0.25) is 5.10 Å². The molecule has 3 aromatic rings. The standard InChI is InChI=1S/C28H34N8O/c1-18-5-6-21(24-4-3-9-28(24)10-12-36(13-11-28)27(30)37)14-20(18)7-8-22-15-26(35-34-22)33-25-16-23(17-29)31-19(2)32-25/h5-6,14-16,24H,3-4,7-13H2,1-2H3,(H2,30,37)(H2,31,32,33,34,35). The normalized spacial score (nSPS) is 18.6. The molecule has 9 nitrogen and oxygen atoms in total. The van der Waals surface area contributed by atoms with Gasteiger partial charge in [-0.1, -0.05) is 24.6 Å².